The highest BCUT2D eigenvalue weighted by Crippen LogP contribution is 2.24. The second kappa shape index (κ2) is 8.91. The number of anilines is 1. The van der Waals surface area contributed by atoms with Crippen LogP contribution in [-0.4, -0.2) is 25.1 Å². The number of carbonyl (C=O) groups is 1. The fraction of sp³-hybridized carbons (Fsp3) is 0.100. The molecule has 0 aliphatic rings. The van der Waals surface area contributed by atoms with Gasteiger partial charge in [-0.15, -0.1) is 5.10 Å². The lowest BCUT2D eigenvalue weighted by Crippen LogP contribution is -2.28. The Morgan fingerprint density at radius 2 is 1.87 bits per heavy atom. The van der Waals surface area contributed by atoms with Crippen LogP contribution in [0.5, 0.6) is 0 Å². The van der Waals surface area contributed by atoms with E-state index in [4.69, 9.17) is 23.2 Å². The van der Waals surface area contributed by atoms with E-state index in [2.05, 4.69) is 15.4 Å². The Hall–Kier alpha value is -2.81. The van der Waals surface area contributed by atoms with E-state index in [1.165, 1.54) is 28.6 Å². The van der Waals surface area contributed by atoms with Crippen LogP contribution in [0.1, 0.15) is 5.56 Å². The second-order valence-electron chi connectivity index (χ2n) is 6.31. The van der Waals surface area contributed by atoms with Gasteiger partial charge in [0.1, 0.15) is 11.6 Å². The summed E-state index contributed by atoms with van der Waals surface area (Å²) in [5, 5.41) is 8.67. The summed E-state index contributed by atoms with van der Waals surface area (Å²) in [4.78, 5) is 29.4. The third kappa shape index (κ3) is 4.51. The van der Waals surface area contributed by atoms with Crippen LogP contribution in [0.4, 0.5) is 5.69 Å². The lowest BCUT2D eigenvalue weighted by atomic mass is 10.2. The summed E-state index contributed by atoms with van der Waals surface area (Å²) in [5.41, 5.74) is 1.51. The van der Waals surface area contributed by atoms with Crippen molar-refractivity contribution < 1.29 is 4.79 Å². The molecule has 0 bridgehead atoms. The van der Waals surface area contributed by atoms with Crippen molar-refractivity contribution in [3.63, 3.8) is 0 Å². The summed E-state index contributed by atoms with van der Waals surface area (Å²) in [6, 6.07) is 14.4. The molecule has 30 heavy (non-hydrogen) atoms. The van der Waals surface area contributed by atoms with Gasteiger partial charge in [-0.25, -0.2) is 18.9 Å². The standard InChI is InChI=1S/C20H15Cl2N5O2S/c21-14-7-5-13(6-8-14)12-30-19-18-25-27(20(29)26(18)10-9-23-19)11-17(28)24-16-4-2-1-3-15(16)22/h1-10H,11-12H2,(H,24,28). The molecule has 0 atom stereocenters. The van der Waals surface area contributed by atoms with Gasteiger partial charge in [0.15, 0.2) is 5.65 Å². The minimum Gasteiger partial charge on any atom is -0.323 e. The summed E-state index contributed by atoms with van der Waals surface area (Å²) in [5.74, 6) is 0.231. The molecule has 0 saturated carbocycles. The average Bonchev–Trinajstić information content (AvgIpc) is 3.05. The van der Waals surface area contributed by atoms with Gasteiger partial charge in [0.05, 0.1) is 10.7 Å². The number of carbonyl (C=O) groups excluding carboxylic acids is 1. The third-order valence-electron chi connectivity index (χ3n) is 4.20. The minimum absolute atomic E-state index is 0.243. The lowest BCUT2D eigenvalue weighted by molar-refractivity contribution is -0.117. The first-order valence-electron chi connectivity index (χ1n) is 8.87. The van der Waals surface area contributed by atoms with Crippen molar-refractivity contribution >= 4 is 52.2 Å². The Balaban J connectivity index is 1.53. The van der Waals surface area contributed by atoms with Crippen LogP contribution < -0.4 is 11.0 Å². The summed E-state index contributed by atoms with van der Waals surface area (Å²) < 4.78 is 2.48. The SMILES string of the molecule is O=C(Cn1nc2c(SCc3ccc(Cl)cc3)nccn2c1=O)Nc1ccccc1Cl. The van der Waals surface area contributed by atoms with Gasteiger partial charge in [0.25, 0.3) is 0 Å². The lowest BCUT2D eigenvalue weighted by Gasteiger charge is -2.06. The van der Waals surface area contributed by atoms with Crippen molar-refractivity contribution in [1.82, 2.24) is 19.2 Å². The number of fused-ring (bicyclic) bond motifs is 1. The van der Waals surface area contributed by atoms with Crippen molar-refractivity contribution in [2.75, 3.05) is 5.32 Å². The number of nitrogens with one attached hydrogen (secondary N) is 1. The third-order valence-corrected chi connectivity index (χ3v) is 5.82. The Morgan fingerprint density at radius 1 is 1.10 bits per heavy atom. The molecule has 2 heterocycles. The minimum atomic E-state index is -0.421. The number of hydrogen-bond donors (Lipinski definition) is 1. The van der Waals surface area contributed by atoms with Crippen molar-refractivity contribution in [2.24, 2.45) is 0 Å². The first-order valence-corrected chi connectivity index (χ1v) is 10.6. The number of benzene rings is 2. The van der Waals surface area contributed by atoms with E-state index in [-0.39, 0.29) is 6.54 Å². The molecule has 7 nitrogen and oxygen atoms in total. The maximum Gasteiger partial charge on any atom is 0.350 e. The van der Waals surface area contributed by atoms with Crippen LogP contribution in [0.15, 0.2) is 70.7 Å². The zero-order chi connectivity index (χ0) is 21.1. The van der Waals surface area contributed by atoms with Gasteiger partial charge in [-0.2, -0.15) is 0 Å². The topological polar surface area (TPSA) is 81.3 Å². The van der Waals surface area contributed by atoms with Crippen LogP contribution in [0.25, 0.3) is 5.65 Å². The molecule has 1 amide bonds. The van der Waals surface area contributed by atoms with Crippen molar-refractivity contribution in [3.05, 3.63) is 87.0 Å². The van der Waals surface area contributed by atoms with E-state index < -0.39 is 11.6 Å². The highest BCUT2D eigenvalue weighted by Gasteiger charge is 2.15. The second-order valence-corrected chi connectivity index (χ2v) is 8.12. The van der Waals surface area contributed by atoms with Crippen molar-refractivity contribution in [1.29, 1.82) is 0 Å². The molecule has 0 radical (unpaired) electrons. The Kier molecular flexibility index (Phi) is 6.08. The summed E-state index contributed by atoms with van der Waals surface area (Å²) in [7, 11) is 0. The smallest absolute Gasteiger partial charge is 0.323 e. The number of hydrogen-bond acceptors (Lipinski definition) is 5. The molecule has 0 unspecified atom stereocenters. The van der Waals surface area contributed by atoms with E-state index in [9.17, 15) is 9.59 Å². The quantitative estimate of drug-likeness (QED) is 0.438. The molecule has 0 spiro atoms. The van der Waals surface area contributed by atoms with Gasteiger partial charge in [-0.1, -0.05) is 59.2 Å². The maximum absolute atomic E-state index is 12.7. The average molecular weight is 460 g/mol. The number of nitrogens with zero attached hydrogens (tertiary/aromatic N) is 4. The first-order chi connectivity index (χ1) is 14.5. The van der Waals surface area contributed by atoms with E-state index in [1.807, 2.05) is 24.3 Å². The van der Waals surface area contributed by atoms with Gasteiger partial charge >= 0.3 is 5.69 Å². The molecule has 0 fully saturated rings. The van der Waals surface area contributed by atoms with E-state index >= 15 is 0 Å². The molecule has 152 valence electrons. The van der Waals surface area contributed by atoms with Crippen LogP contribution in [0.3, 0.4) is 0 Å². The first kappa shape index (κ1) is 20.5. The van der Waals surface area contributed by atoms with Crippen LogP contribution in [-0.2, 0) is 17.1 Å². The Bertz CT molecular complexity index is 1270. The number of para-hydroxylation sites is 1. The zero-order valence-corrected chi connectivity index (χ0v) is 17.8. The Morgan fingerprint density at radius 3 is 2.63 bits per heavy atom. The molecule has 2 aromatic carbocycles. The molecular weight excluding hydrogens is 445 g/mol. The number of halogens is 2. The van der Waals surface area contributed by atoms with Crippen LogP contribution >= 0.6 is 35.0 Å². The van der Waals surface area contributed by atoms with Gasteiger partial charge in [-0.05, 0) is 29.8 Å². The van der Waals surface area contributed by atoms with Gasteiger partial charge in [-0.3, -0.25) is 4.79 Å². The fourth-order valence-corrected chi connectivity index (χ4v) is 3.96. The molecule has 10 heteroatoms. The number of aromatic nitrogens is 4. The molecule has 2 aromatic heterocycles. The summed E-state index contributed by atoms with van der Waals surface area (Å²) in [6.45, 7) is -0.243. The van der Waals surface area contributed by atoms with E-state index in [1.54, 1.807) is 24.3 Å². The van der Waals surface area contributed by atoms with Crippen LogP contribution in [0, 0.1) is 0 Å². The predicted molar refractivity (Wildman–Crippen MR) is 118 cm³/mol. The van der Waals surface area contributed by atoms with Gasteiger partial charge in [0, 0.05) is 23.2 Å². The molecule has 4 rings (SSSR count). The van der Waals surface area contributed by atoms with Crippen molar-refractivity contribution in [3.8, 4) is 0 Å². The Labute approximate surface area is 185 Å². The highest BCUT2D eigenvalue weighted by molar-refractivity contribution is 7.98. The maximum atomic E-state index is 12.7. The number of thioether (sulfide) groups is 1. The normalized spacial score (nSPS) is 11.0. The molecule has 0 aliphatic carbocycles. The summed E-state index contributed by atoms with van der Waals surface area (Å²) in [6.07, 6.45) is 3.06. The van der Waals surface area contributed by atoms with E-state index in [0.29, 0.717) is 32.2 Å². The fourth-order valence-electron chi connectivity index (χ4n) is 2.75. The van der Waals surface area contributed by atoms with Crippen LogP contribution in [0.2, 0.25) is 10.0 Å². The zero-order valence-electron chi connectivity index (χ0n) is 15.5. The molecular formula is C20H15Cl2N5O2S. The highest BCUT2D eigenvalue weighted by atomic mass is 35.5. The predicted octanol–water partition coefficient (Wildman–Crippen LogP) is 4.13. The largest absolute Gasteiger partial charge is 0.350 e. The van der Waals surface area contributed by atoms with Gasteiger partial charge < -0.3 is 5.32 Å². The molecule has 0 aliphatic heterocycles. The monoisotopic (exact) mass is 459 g/mol. The summed E-state index contributed by atoms with van der Waals surface area (Å²) >= 11 is 13.4. The molecule has 4 aromatic rings. The molecule has 1 N–H and O–H groups in total. The van der Waals surface area contributed by atoms with Crippen molar-refractivity contribution in [2.45, 2.75) is 17.3 Å². The van der Waals surface area contributed by atoms with Gasteiger partial charge in [0.2, 0.25) is 5.91 Å². The number of amides is 1. The number of rotatable bonds is 6. The molecule has 0 saturated heterocycles. The van der Waals surface area contributed by atoms with E-state index in [0.717, 1.165) is 10.2 Å².